The third-order valence-corrected chi connectivity index (χ3v) is 9.33. The van der Waals surface area contributed by atoms with Gasteiger partial charge in [0.1, 0.15) is 0 Å². The number of hydrogen-bond acceptors (Lipinski definition) is 10. The minimum absolute atomic E-state index is 0.0668. The van der Waals surface area contributed by atoms with Crippen molar-refractivity contribution < 1.29 is 26.7 Å². The minimum atomic E-state index is -2.88. The van der Waals surface area contributed by atoms with Gasteiger partial charge in [-0.2, -0.15) is 0 Å². The van der Waals surface area contributed by atoms with Gasteiger partial charge in [0.05, 0.1) is 32.9 Å². The van der Waals surface area contributed by atoms with Gasteiger partial charge in [-0.25, -0.2) is 16.8 Å². The van der Waals surface area contributed by atoms with Gasteiger partial charge < -0.3 is 5.32 Å². The van der Waals surface area contributed by atoms with Crippen molar-refractivity contribution in [3.05, 3.63) is 79.9 Å². The molecule has 0 bridgehead atoms. The second kappa shape index (κ2) is 14.5. The molecule has 0 amide bonds. The first-order valence-corrected chi connectivity index (χ1v) is 16.0. The Hall–Kier alpha value is -2.46. The van der Waals surface area contributed by atoms with Crippen LogP contribution in [0.4, 0.5) is 11.4 Å². The molecule has 0 saturated carbocycles. The Balaban J connectivity index is 0.000000215. The van der Waals surface area contributed by atoms with Crippen LogP contribution in [0.3, 0.4) is 0 Å². The van der Waals surface area contributed by atoms with Crippen LogP contribution in [0.15, 0.2) is 48.5 Å². The number of hydrogen-bond donors (Lipinski definition) is 1. The molecule has 0 spiro atoms. The molecule has 2 aliphatic rings. The molecule has 2 aromatic rings. The van der Waals surface area contributed by atoms with E-state index in [4.69, 9.17) is 0 Å². The average molecular weight is 622 g/mol. The Morgan fingerprint density at radius 1 is 0.784 bits per heavy atom. The van der Waals surface area contributed by atoms with Crippen molar-refractivity contribution in [2.24, 2.45) is 0 Å². The normalized spacial score (nSPS) is 18.3. The molecular formula is C22H29BrN4O8S2. The van der Waals surface area contributed by atoms with Crippen LogP contribution in [0, 0.1) is 20.2 Å². The maximum absolute atomic E-state index is 11.3. The molecule has 4 rings (SSSR count). The maximum atomic E-state index is 11.3. The van der Waals surface area contributed by atoms with Crippen molar-refractivity contribution in [1.82, 2.24) is 10.2 Å². The number of sulfone groups is 2. The fourth-order valence-electron chi connectivity index (χ4n) is 3.37. The molecule has 204 valence electrons. The molecule has 2 fully saturated rings. The van der Waals surface area contributed by atoms with Crippen molar-refractivity contribution in [3.63, 3.8) is 0 Å². The lowest BCUT2D eigenvalue weighted by Crippen LogP contribution is -2.39. The summed E-state index contributed by atoms with van der Waals surface area (Å²) in [6.07, 6.45) is 0. The number of nitrogens with zero attached hydrogens (tertiary/aromatic N) is 3. The molecule has 1 N–H and O–H groups in total. The molecule has 0 radical (unpaired) electrons. The van der Waals surface area contributed by atoms with Crippen LogP contribution in [-0.4, -0.2) is 80.8 Å². The van der Waals surface area contributed by atoms with E-state index < -0.39 is 29.5 Å². The van der Waals surface area contributed by atoms with E-state index in [0.717, 1.165) is 11.1 Å². The lowest BCUT2D eigenvalue weighted by atomic mass is 10.2. The summed E-state index contributed by atoms with van der Waals surface area (Å²) in [5.74, 6) is 0.962. The first-order chi connectivity index (χ1) is 17.4. The fourth-order valence-corrected chi connectivity index (χ4v) is 6.11. The zero-order valence-electron chi connectivity index (χ0n) is 20.0. The van der Waals surface area contributed by atoms with E-state index in [1.165, 1.54) is 18.2 Å². The van der Waals surface area contributed by atoms with E-state index in [1.54, 1.807) is 18.2 Å². The zero-order valence-corrected chi connectivity index (χ0v) is 23.2. The number of nitro benzene ring substituents is 2. The van der Waals surface area contributed by atoms with Gasteiger partial charge in [-0.05, 0) is 11.1 Å². The quantitative estimate of drug-likeness (QED) is 0.297. The predicted molar refractivity (Wildman–Crippen MR) is 144 cm³/mol. The summed E-state index contributed by atoms with van der Waals surface area (Å²) in [5, 5.41) is 24.5. The van der Waals surface area contributed by atoms with Crippen LogP contribution in [0.25, 0.3) is 0 Å². The van der Waals surface area contributed by atoms with Crippen LogP contribution < -0.4 is 5.32 Å². The molecule has 2 aromatic carbocycles. The second-order valence-corrected chi connectivity index (χ2v) is 13.5. The third kappa shape index (κ3) is 11.6. The highest BCUT2D eigenvalue weighted by molar-refractivity contribution is 9.08. The highest BCUT2D eigenvalue weighted by Gasteiger charge is 2.21. The summed E-state index contributed by atoms with van der Waals surface area (Å²) in [7, 11) is -5.52. The lowest BCUT2D eigenvalue weighted by molar-refractivity contribution is -0.385. The number of nitro groups is 2. The van der Waals surface area contributed by atoms with Gasteiger partial charge in [0, 0.05) is 62.3 Å². The molecule has 2 saturated heterocycles. The van der Waals surface area contributed by atoms with Crippen LogP contribution in [-0.2, 0) is 31.5 Å². The van der Waals surface area contributed by atoms with Gasteiger partial charge >= 0.3 is 0 Å². The van der Waals surface area contributed by atoms with Gasteiger partial charge in [-0.1, -0.05) is 40.2 Å². The van der Waals surface area contributed by atoms with Crippen molar-refractivity contribution >= 4 is 47.0 Å². The molecule has 37 heavy (non-hydrogen) atoms. The van der Waals surface area contributed by atoms with E-state index in [2.05, 4.69) is 21.2 Å². The van der Waals surface area contributed by atoms with Crippen LogP contribution in [0.5, 0.6) is 0 Å². The first-order valence-electron chi connectivity index (χ1n) is 11.3. The molecule has 0 aromatic heterocycles. The Kier molecular flexibility index (Phi) is 12.0. The number of rotatable bonds is 5. The molecule has 2 aliphatic heterocycles. The van der Waals surface area contributed by atoms with E-state index in [-0.39, 0.29) is 22.9 Å². The number of alkyl halides is 1. The number of halogens is 1. The van der Waals surface area contributed by atoms with E-state index >= 15 is 0 Å². The van der Waals surface area contributed by atoms with Gasteiger partial charge in [0.2, 0.25) is 0 Å². The topological polar surface area (TPSA) is 170 Å². The molecule has 0 aliphatic carbocycles. The van der Waals surface area contributed by atoms with Crippen LogP contribution in [0.2, 0.25) is 0 Å². The summed E-state index contributed by atoms with van der Waals surface area (Å²) in [5.41, 5.74) is 1.96. The van der Waals surface area contributed by atoms with Crippen molar-refractivity contribution in [2.75, 3.05) is 49.2 Å². The molecule has 0 unspecified atom stereocenters. The monoisotopic (exact) mass is 620 g/mol. The summed E-state index contributed by atoms with van der Waals surface area (Å²) in [6, 6.07) is 13.0. The number of nitrogens with one attached hydrogen (secondary N) is 1. The second-order valence-electron chi connectivity index (χ2n) is 8.32. The largest absolute Gasteiger partial charge is 0.315 e. The standard InChI is InChI=1S/C11H14N2O4S.C7H6BrNO2.C4H9NO2S/c14-13(15)11-3-1-2-10(8-11)9-12-4-6-18(16,17)7-5-12;8-5-6-2-1-3-7(4-6)9(10)11;6-8(7)3-1-5-2-4-8/h1-3,8H,4-7,9H2;1-4H,5H2;5H,1-4H2. The summed E-state index contributed by atoms with van der Waals surface area (Å²) >= 11 is 3.22. The van der Waals surface area contributed by atoms with E-state index in [0.29, 0.717) is 49.6 Å². The highest BCUT2D eigenvalue weighted by Crippen LogP contribution is 2.16. The molecular weight excluding hydrogens is 592 g/mol. The SMILES string of the molecule is O=S1(=O)CCNCC1.O=[N+]([O-])c1cccc(CBr)c1.O=[N+]([O-])c1cccc(CN2CCS(=O)(=O)CC2)c1. The lowest BCUT2D eigenvalue weighted by Gasteiger charge is -2.26. The summed E-state index contributed by atoms with van der Waals surface area (Å²) < 4.78 is 43.8. The Bertz CT molecular complexity index is 1260. The van der Waals surface area contributed by atoms with E-state index in [9.17, 15) is 37.1 Å². The average Bonchev–Trinajstić information content (AvgIpc) is 2.86. The minimum Gasteiger partial charge on any atom is -0.315 e. The highest BCUT2D eigenvalue weighted by atomic mass is 79.9. The summed E-state index contributed by atoms with van der Waals surface area (Å²) in [4.78, 5) is 22.1. The molecule has 0 atom stereocenters. The van der Waals surface area contributed by atoms with Crippen LogP contribution in [0.1, 0.15) is 11.1 Å². The van der Waals surface area contributed by atoms with Gasteiger partial charge in [-0.3, -0.25) is 25.1 Å². The maximum Gasteiger partial charge on any atom is 0.269 e. The molecule has 12 nitrogen and oxygen atoms in total. The van der Waals surface area contributed by atoms with Crippen molar-refractivity contribution in [1.29, 1.82) is 0 Å². The fraction of sp³-hybridized carbons (Fsp3) is 0.455. The zero-order chi connectivity index (χ0) is 27.5. The van der Waals surface area contributed by atoms with Crippen LogP contribution >= 0.6 is 15.9 Å². The molecule has 2 heterocycles. The van der Waals surface area contributed by atoms with Crippen molar-refractivity contribution in [3.8, 4) is 0 Å². The Labute approximate surface area is 224 Å². The first kappa shape index (κ1) is 30.8. The van der Waals surface area contributed by atoms with Crippen molar-refractivity contribution in [2.45, 2.75) is 11.9 Å². The number of benzene rings is 2. The van der Waals surface area contributed by atoms with Gasteiger partial charge in [0.25, 0.3) is 11.4 Å². The Morgan fingerprint density at radius 2 is 1.24 bits per heavy atom. The summed E-state index contributed by atoms with van der Waals surface area (Å²) in [6.45, 7) is 2.79. The van der Waals surface area contributed by atoms with E-state index in [1.807, 2.05) is 17.0 Å². The van der Waals surface area contributed by atoms with Gasteiger partial charge in [0.15, 0.2) is 19.7 Å². The third-order valence-electron chi connectivity index (χ3n) is 5.42. The molecule has 15 heteroatoms. The predicted octanol–water partition coefficient (Wildman–Crippen LogP) is 2.32. The Morgan fingerprint density at radius 3 is 1.68 bits per heavy atom. The smallest absolute Gasteiger partial charge is 0.269 e. The number of non-ortho nitro benzene ring substituents is 2. The van der Waals surface area contributed by atoms with Gasteiger partial charge in [-0.15, -0.1) is 0 Å².